The molecule has 2 rings (SSSR count). The quantitative estimate of drug-likeness (QED) is 0.795. The van der Waals surface area contributed by atoms with E-state index in [2.05, 4.69) is 25.0 Å². The summed E-state index contributed by atoms with van der Waals surface area (Å²) in [4.78, 5) is 7.76. The van der Waals surface area contributed by atoms with E-state index in [1.54, 1.807) is 18.3 Å². The van der Waals surface area contributed by atoms with Crippen molar-refractivity contribution in [2.75, 3.05) is 5.32 Å². The van der Waals surface area contributed by atoms with Gasteiger partial charge in [0.25, 0.3) is 0 Å². The van der Waals surface area contributed by atoms with Crippen LogP contribution in [0.5, 0.6) is 0 Å². The number of aromatic nitrogens is 3. The number of nitriles is 1. The van der Waals surface area contributed by atoms with E-state index in [0.717, 1.165) is 5.69 Å². The largest absolute Gasteiger partial charge is 0.376 e. The summed E-state index contributed by atoms with van der Waals surface area (Å²) in [5.41, 5.74) is 1.19. The van der Waals surface area contributed by atoms with Crippen molar-refractivity contribution >= 4 is 5.69 Å². The lowest BCUT2D eigenvalue weighted by molar-refractivity contribution is 0.411. The molecular formula is C9H7N5O. The van der Waals surface area contributed by atoms with Gasteiger partial charge in [-0.2, -0.15) is 10.2 Å². The molecule has 0 atom stereocenters. The average Bonchev–Trinajstić information content (AvgIpc) is 2.80. The molecule has 74 valence electrons. The van der Waals surface area contributed by atoms with Crippen molar-refractivity contribution in [3.05, 3.63) is 36.2 Å². The normalized spacial score (nSPS) is 9.53. The first-order chi connectivity index (χ1) is 7.38. The van der Waals surface area contributed by atoms with Crippen LogP contribution in [0.1, 0.15) is 11.5 Å². The highest BCUT2D eigenvalue weighted by Crippen LogP contribution is 2.06. The van der Waals surface area contributed by atoms with Crippen molar-refractivity contribution in [2.45, 2.75) is 6.54 Å². The Morgan fingerprint density at radius 1 is 1.40 bits per heavy atom. The van der Waals surface area contributed by atoms with E-state index < -0.39 is 0 Å². The Kier molecular flexibility index (Phi) is 2.56. The molecule has 0 amide bonds. The predicted molar refractivity (Wildman–Crippen MR) is 50.6 cm³/mol. The van der Waals surface area contributed by atoms with Crippen molar-refractivity contribution in [2.24, 2.45) is 0 Å². The van der Waals surface area contributed by atoms with Crippen LogP contribution < -0.4 is 5.32 Å². The van der Waals surface area contributed by atoms with Crippen LogP contribution in [0.15, 0.2) is 29.2 Å². The summed E-state index contributed by atoms with van der Waals surface area (Å²) in [5, 5.41) is 15.2. The first-order valence-corrected chi connectivity index (χ1v) is 4.24. The number of rotatable bonds is 3. The van der Waals surface area contributed by atoms with Crippen LogP contribution >= 0.6 is 0 Å². The summed E-state index contributed by atoms with van der Waals surface area (Å²) in [5.74, 6) is 0.569. The van der Waals surface area contributed by atoms with E-state index in [9.17, 15) is 0 Å². The summed E-state index contributed by atoms with van der Waals surface area (Å²) < 4.78 is 4.58. The zero-order valence-electron chi connectivity index (χ0n) is 7.71. The van der Waals surface area contributed by atoms with E-state index in [0.29, 0.717) is 18.1 Å². The van der Waals surface area contributed by atoms with Gasteiger partial charge in [-0.1, -0.05) is 5.16 Å². The van der Waals surface area contributed by atoms with Crippen molar-refractivity contribution in [3.63, 3.8) is 0 Å². The summed E-state index contributed by atoms with van der Waals surface area (Å²) in [7, 11) is 0. The molecule has 2 aromatic heterocycles. The van der Waals surface area contributed by atoms with Gasteiger partial charge >= 0.3 is 0 Å². The lowest BCUT2D eigenvalue weighted by Crippen LogP contribution is -2.01. The summed E-state index contributed by atoms with van der Waals surface area (Å²) in [6.07, 6.45) is 2.85. The number of anilines is 1. The van der Waals surface area contributed by atoms with Crippen LogP contribution in [0.4, 0.5) is 5.69 Å². The lowest BCUT2D eigenvalue weighted by Gasteiger charge is -2.01. The van der Waals surface area contributed by atoms with Gasteiger partial charge in [-0.25, -0.2) is 4.98 Å². The zero-order chi connectivity index (χ0) is 10.5. The van der Waals surface area contributed by atoms with Crippen molar-refractivity contribution in [1.29, 1.82) is 5.26 Å². The van der Waals surface area contributed by atoms with Gasteiger partial charge in [-0.15, -0.1) is 0 Å². The Hall–Kier alpha value is -2.42. The highest BCUT2D eigenvalue weighted by atomic mass is 16.5. The van der Waals surface area contributed by atoms with Gasteiger partial charge in [-0.3, -0.25) is 0 Å². The number of nitrogens with zero attached hydrogens (tertiary/aromatic N) is 4. The second kappa shape index (κ2) is 4.19. The average molecular weight is 201 g/mol. The van der Waals surface area contributed by atoms with Gasteiger partial charge in [0.15, 0.2) is 5.82 Å². The second-order valence-electron chi connectivity index (χ2n) is 2.74. The van der Waals surface area contributed by atoms with Crippen LogP contribution in [0.2, 0.25) is 0 Å². The molecule has 0 radical (unpaired) electrons. The maximum absolute atomic E-state index is 8.54. The first-order valence-electron chi connectivity index (χ1n) is 4.24. The predicted octanol–water partition coefficient (Wildman–Crippen LogP) is 0.948. The Morgan fingerprint density at radius 2 is 2.33 bits per heavy atom. The highest BCUT2D eigenvalue weighted by Gasteiger charge is 1.98. The third kappa shape index (κ3) is 2.28. The van der Waals surface area contributed by atoms with Gasteiger partial charge in [0.05, 0.1) is 18.4 Å². The molecule has 0 aliphatic rings. The van der Waals surface area contributed by atoms with Crippen LogP contribution in [-0.2, 0) is 6.54 Å². The molecule has 0 saturated carbocycles. The molecule has 0 aliphatic heterocycles. The summed E-state index contributed by atoms with van der Waals surface area (Å²) in [6, 6.07) is 5.35. The molecule has 0 aromatic carbocycles. The molecule has 0 saturated heterocycles. The molecule has 2 aromatic rings. The standard InChI is InChI=1S/C9H7N5O/c10-3-7-1-2-8(4-11-7)12-5-9-13-6-15-14-9/h1-2,4,6,12H,5H2. The first kappa shape index (κ1) is 9.15. The molecule has 15 heavy (non-hydrogen) atoms. The SMILES string of the molecule is N#Cc1ccc(NCc2ncon2)cn1. The Balaban J connectivity index is 1.97. The molecule has 1 N–H and O–H groups in total. The lowest BCUT2D eigenvalue weighted by atomic mass is 10.3. The van der Waals surface area contributed by atoms with E-state index >= 15 is 0 Å². The number of hydrogen-bond donors (Lipinski definition) is 1. The fraction of sp³-hybridized carbons (Fsp3) is 0.111. The van der Waals surface area contributed by atoms with Crippen molar-refractivity contribution < 1.29 is 4.52 Å². The van der Waals surface area contributed by atoms with Gasteiger partial charge in [0, 0.05) is 0 Å². The van der Waals surface area contributed by atoms with Crippen LogP contribution in [-0.4, -0.2) is 15.1 Å². The van der Waals surface area contributed by atoms with E-state index in [-0.39, 0.29) is 0 Å². The maximum atomic E-state index is 8.54. The topological polar surface area (TPSA) is 87.6 Å². The molecule has 6 nitrogen and oxygen atoms in total. The maximum Gasteiger partial charge on any atom is 0.213 e. The third-order valence-electron chi connectivity index (χ3n) is 1.74. The molecule has 0 bridgehead atoms. The van der Waals surface area contributed by atoms with Gasteiger partial charge in [0.1, 0.15) is 11.8 Å². The molecule has 0 fully saturated rings. The van der Waals surface area contributed by atoms with Crippen LogP contribution in [0, 0.1) is 11.3 Å². The fourth-order valence-corrected chi connectivity index (χ4v) is 1.02. The van der Waals surface area contributed by atoms with Crippen molar-refractivity contribution in [3.8, 4) is 6.07 Å². The summed E-state index contributed by atoms with van der Waals surface area (Å²) in [6.45, 7) is 0.462. The minimum Gasteiger partial charge on any atom is -0.376 e. The van der Waals surface area contributed by atoms with E-state index in [4.69, 9.17) is 5.26 Å². The Labute approximate surface area is 85.6 Å². The van der Waals surface area contributed by atoms with E-state index in [1.807, 2.05) is 6.07 Å². The molecular weight excluding hydrogens is 194 g/mol. The van der Waals surface area contributed by atoms with Gasteiger partial charge < -0.3 is 9.84 Å². The Morgan fingerprint density at radius 3 is 2.93 bits per heavy atom. The number of nitrogens with one attached hydrogen (secondary N) is 1. The molecule has 2 heterocycles. The minimum atomic E-state index is 0.389. The second-order valence-corrected chi connectivity index (χ2v) is 2.74. The van der Waals surface area contributed by atoms with Gasteiger partial charge in [0.2, 0.25) is 6.39 Å². The van der Waals surface area contributed by atoms with Crippen LogP contribution in [0.25, 0.3) is 0 Å². The van der Waals surface area contributed by atoms with E-state index in [1.165, 1.54) is 6.39 Å². The number of pyridine rings is 1. The molecule has 0 aliphatic carbocycles. The monoisotopic (exact) mass is 201 g/mol. The fourth-order valence-electron chi connectivity index (χ4n) is 1.02. The Bertz CT molecular complexity index is 456. The summed E-state index contributed by atoms with van der Waals surface area (Å²) >= 11 is 0. The third-order valence-corrected chi connectivity index (χ3v) is 1.74. The smallest absolute Gasteiger partial charge is 0.213 e. The zero-order valence-corrected chi connectivity index (χ0v) is 7.71. The molecule has 0 unspecified atom stereocenters. The highest BCUT2D eigenvalue weighted by molar-refractivity contribution is 5.42. The molecule has 0 spiro atoms. The number of hydrogen-bond acceptors (Lipinski definition) is 6. The van der Waals surface area contributed by atoms with Crippen LogP contribution in [0.3, 0.4) is 0 Å². The minimum absolute atomic E-state index is 0.389. The van der Waals surface area contributed by atoms with Crippen molar-refractivity contribution in [1.82, 2.24) is 15.1 Å². The molecule has 6 heteroatoms. The van der Waals surface area contributed by atoms with Gasteiger partial charge in [-0.05, 0) is 12.1 Å².